The first kappa shape index (κ1) is 26.9. The zero-order chi connectivity index (χ0) is 27.2. The van der Waals surface area contributed by atoms with Crippen molar-refractivity contribution >= 4 is 35.1 Å². The summed E-state index contributed by atoms with van der Waals surface area (Å²) < 4.78 is 5.44. The quantitative estimate of drug-likeness (QED) is 0.467. The predicted molar refractivity (Wildman–Crippen MR) is 151 cm³/mol. The van der Waals surface area contributed by atoms with E-state index in [-0.39, 0.29) is 11.8 Å². The number of amides is 2. The van der Waals surface area contributed by atoms with Crippen molar-refractivity contribution in [1.82, 2.24) is 19.8 Å². The van der Waals surface area contributed by atoms with Gasteiger partial charge in [-0.1, -0.05) is 30.7 Å². The van der Waals surface area contributed by atoms with Crippen LogP contribution in [0.3, 0.4) is 0 Å². The first-order valence-electron chi connectivity index (χ1n) is 13.3. The summed E-state index contributed by atoms with van der Waals surface area (Å²) in [6.07, 6.45) is 5.18. The largest absolute Gasteiger partial charge is 0.416 e. The molecule has 2 aliphatic heterocycles. The number of hydrogen-bond acceptors (Lipinski definition) is 7. The van der Waals surface area contributed by atoms with Crippen LogP contribution in [0.1, 0.15) is 35.7 Å². The van der Waals surface area contributed by atoms with Crippen molar-refractivity contribution in [3.8, 4) is 5.88 Å². The van der Waals surface area contributed by atoms with Crippen LogP contribution in [0.2, 0.25) is 5.02 Å². The van der Waals surface area contributed by atoms with Gasteiger partial charge in [-0.3, -0.25) is 9.69 Å². The van der Waals surface area contributed by atoms with Gasteiger partial charge < -0.3 is 19.9 Å². The van der Waals surface area contributed by atoms with E-state index >= 15 is 0 Å². The topological polar surface area (TPSA) is 90.9 Å². The van der Waals surface area contributed by atoms with Gasteiger partial charge in [-0.05, 0) is 61.2 Å². The number of halogens is 1. The van der Waals surface area contributed by atoms with Crippen LogP contribution in [0.15, 0.2) is 60.9 Å². The normalized spacial score (nSPS) is 18.1. The second-order valence-corrected chi connectivity index (χ2v) is 10.6. The third-order valence-corrected chi connectivity index (χ3v) is 7.35. The fraction of sp³-hybridized carbons (Fsp3) is 0.379. The Kier molecular flexibility index (Phi) is 8.58. The maximum absolute atomic E-state index is 12.7. The number of benzene rings is 1. The van der Waals surface area contributed by atoms with E-state index in [9.17, 15) is 9.59 Å². The number of anilines is 2. The molecule has 39 heavy (non-hydrogen) atoms. The average Bonchev–Trinajstić information content (AvgIpc) is 2.95. The van der Waals surface area contributed by atoms with Crippen LogP contribution in [0.25, 0.3) is 0 Å². The van der Waals surface area contributed by atoms with Crippen molar-refractivity contribution in [2.24, 2.45) is 5.92 Å². The predicted octanol–water partition coefficient (Wildman–Crippen LogP) is 4.94. The zero-order valence-corrected chi connectivity index (χ0v) is 22.8. The molecule has 2 aliphatic rings. The summed E-state index contributed by atoms with van der Waals surface area (Å²) >= 11 is 5.91. The summed E-state index contributed by atoms with van der Waals surface area (Å²) in [5.41, 5.74) is 2.31. The van der Waals surface area contributed by atoms with E-state index < -0.39 is 6.09 Å². The minimum atomic E-state index is -0.456. The SMILES string of the molecule is CC1CCCN(Cc2ccc(C(=O)Nc3ccc(OC(=O)N4CCN(c5ccc(Cl)cn5)CC4)nc3)cc2)C1. The van der Waals surface area contributed by atoms with Gasteiger partial charge in [0.05, 0.1) is 16.9 Å². The van der Waals surface area contributed by atoms with Gasteiger partial charge in [0.2, 0.25) is 5.88 Å². The first-order valence-corrected chi connectivity index (χ1v) is 13.7. The minimum Gasteiger partial charge on any atom is -0.391 e. The molecule has 1 atom stereocenters. The molecule has 2 fully saturated rings. The highest BCUT2D eigenvalue weighted by molar-refractivity contribution is 6.30. The van der Waals surface area contributed by atoms with Gasteiger partial charge in [-0.15, -0.1) is 0 Å². The van der Waals surface area contributed by atoms with E-state index in [1.165, 1.54) is 24.6 Å². The van der Waals surface area contributed by atoms with Gasteiger partial charge >= 0.3 is 6.09 Å². The van der Waals surface area contributed by atoms with Crippen molar-refractivity contribution in [2.45, 2.75) is 26.3 Å². The molecular weight excluding hydrogens is 516 g/mol. The Morgan fingerprint density at radius 2 is 1.77 bits per heavy atom. The molecule has 5 rings (SSSR count). The van der Waals surface area contributed by atoms with Gasteiger partial charge in [0.1, 0.15) is 5.82 Å². The number of aromatic nitrogens is 2. The number of likely N-dealkylation sites (tertiary alicyclic amines) is 1. The fourth-order valence-electron chi connectivity index (χ4n) is 5.00. The maximum Gasteiger partial charge on any atom is 0.416 e. The number of carbonyl (C=O) groups is 2. The van der Waals surface area contributed by atoms with Gasteiger partial charge in [-0.2, -0.15) is 0 Å². The van der Waals surface area contributed by atoms with Crippen molar-refractivity contribution in [1.29, 1.82) is 0 Å². The number of ether oxygens (including phenoxy) is 1. The number of nitrogens with zero attached hydrogens (tertiary/aromatic N) is 5. The first-order chi connectivity index (χ1) is 18.9. The van der Waals surface area contributed by atoms with Crippen LogP contribution < -0.4 is 15.0 Å². The molecule has 1 N–H and O–H groups in total. The van der Waals surface area contributed by atoms with Gasteiger partial charge in [0.25, 0.3) is 5.91 Å². The number of piperidine rings is 1. The lowest BCUT2D eigenvalue weighted by atomic mass is 9.99. The van der Waals surface area contributed by atoms with Crippen LogP contribution in [0.4, 0.5) is 16.3 Å². The summed E-state index contributed by atoms with van der Waals surface area (Å²) in [6.45, 7) is 7.75. The molecule has 2 saturated heterocycles. The molecule has 1 unspecified atom stereocenters. The molecule has 3 aromatic rings. The second kappa shape index (κ2) is 12.4. The Morgan fingerprint density at radius 1 is 0.974 bits per heavy atom. The monoisotopic (exact) mass is 548 g/mol. The van der Waals surface area contributed by atoms with Crippen LogP contribution in [-0.2, 0) is 6.54 Å². The average molecular weight is 549 g/mol. The zero-order valence-electron chi connectivity index (χ0n) is 22.1. The third kappa shape index (κ3) is 7.25. The molecule has 0 saturated carbocycles. The maximum atomic E-state index is 12.7. The highest BCUT2D eigenvalue weighted by Gasteiger charge is 2.24. The van der Waals surface area contributed by atoms with Crippen LogP contribution >= 0.6 is 11.6 Å². The Hall–Kier alpha value is -3.69. The van der Waals surface area contributed by atoms with Crippen LogP contribution in [0, 0.1) is 5.92 Å². The molecule has 2 amide bonds. The summed E-state index contributed by atoms with van der Waals surface area (Å²) in [6, 6.07) is 14.6. The van der Waals surface area contributed by atoms with Crippen molar-refractivity contribution in [3.05, 3.63) is 77.1 Å². The van der Waals surface area contributed by atoms with E-state index in [0.717, 1.165) is 31.4 Å². The minimum absolute atomic E-state index is 0.177. The molecule has 1 aromatic carbocycles. The van der Waals surface area contributed by atoms with E-state index in [4.69, 9.17) is 16.3 Å². The van der Waals surface area contributed by atoms with E-state index in [1.807, 2.05) is 30.3 Å². The number of carbonyl (C=O) groups excluding carboxylic acids is 2. The van der Waals surface area contributed by atoms with Gasteiger partial charge in [0, 0.05) is 57.1 Å². The highest BCUT2D eigenvalue weighted by atomic mass is 35.5. The Labute approximate surface area is 233 Å². The van der Waals surface area contributed by atoms with Gasteiger partial charge in [-0.25, -0.2) is 14.8 Å². The Bertz CT molecular complexity index is 1260. The van der Waals surface area contributed by atoms with E-state index in [0.29, 0.717) is 42.5 Å². The summed E-state index contributed by atoms with van der Waals surface area (Å²) in [5, 5.41) is 3.44. The number of hydrogen-bond donors (Lipinski definition) is 1. The summed E-state index contributed by atoms with van der Waals surface area (Å²) in [5.74, 6) is 1.53. The summed E-state index contributed by atoms with van der Waals surface area (Å²) in [4.78, 5) is 40.1. The molecule has 10 heteroatoms. The van der Waals surface area contributed by atoms with Crippen LogP contribution in [0.5, 0.6) is 5.88 Å². The third-order valence-electron chi connectivity index (χ3n) is 7.12. The fourth-order valence-corrected chi connectivity index (χ4v) is 5.11. The second-order valence-electron chi connectivity index (χ2n) is 10.2. The lowest BCUT2D eigenvalue weighted by Crippen LogP contribution is -2.49. The molecule has 0 spiro atoms. The molecule has 0 bridgehead atoms. The van der Waals surface area contributed by atoms with Crippen molar-refractivity contribution in [3.63, 3.8) is 0 Å². The number of piperazine rings is 1. The number of rotatable bonds is 6. The highest BCUT2D eigenvalue weighted by Crippen LogP contribution is 2.20. The summed E-state index contributed by atoms with van der Waals surface area (Å²) in [7, 11) is 0. The molecular formula is C29H33ClN6O3. The van der Waals surface area contributed by atoms with E-state index in [2.05, 4.69) is 32.0 Å². The molecule has 4 heterocycles. The number of nitrogens with one attached hydrogen (secondary N) is 1. The molecule has 204 valence electrons. The van der Waals surface area contributed by atoms with Gasteiger partial charge in [0.15, 0.2) is 0 Å². The molecule has 0 radical (unpaired) electrons. The van der Waals surface area contributed by atoms with Crippen molar-refractivity contribution in [2.75, 3.05) is 49.5 Å². The molecule has 2 aromatic heterocycles. The lowest BCUT2D eigenvalue weighted by Gasteiger charge is -2.34. The van der Waals surface area contributed by atoms with E-state index in [1.54, 1.807) is 29.3 Å². The lowest BCUT2D eigenvalue weighted by molar-refractivity contribution is 0.102. The Balaban J connectivity index is 1.08. The van der Waals surface area contributed by atoms with Crippen molar-refractivity contribution < 1.29 is 14.3 Å². The smallest absolute Gasteiger partial charge is 0.391 e. The van der Waals surface area contributed by atoms with Crippen LogP contribution in [-0.4, -0.2) is 71.0 Å². The number of pyridine rings is 2. The molecule has 9 nitrogen and oxygen atoms in total. The molecule has 0 aliphatic carbocycles. The standard InChI is InChI=1S/C29H33ClN6O3/c1-21-3-2-12-34(19-21)20-22-4-6-23(7-5-22)28(37)33-25-9-11-27(32-18-25)39-29(38)36-15-13-35(14-16-36)26-10-8-24(30)17-31-26/h4-11,17-18,21H,2-3,12-16,19-20H2,1H3,(H,33,37). The Morgan fingerprint density at radius 3 is 2.44 bits per heavy atom.